The summed E-state index contributed by atoms with van der Waals surface area (Å²) in [5.41, 5.74) is 1.75. The normalized spacial score (nSPS) is 19.8. The topological polar surface area (TPSA) is 105 Å². The summed E-state index contributed by atoms with van der Waals surface area (Å²) in [6, 6.07) is 8.07. The highest BCUT2D eigenvalue weighted by atomic mass is 32.2. The monoisotopic (exact) mass is 565 g/mol. The summed E-state index contributed by atoms with van der Waals surface area (Å²) in [5, 5.41) is 14.2. The number of halogens is 1. The Hall–Kier alpha value is -3.92. The highest BCUT2D eigenvalue weighted by molar-refractivity contribution is 7.89. The number of ether oxygens (including phenoxy) is 1. The first kappa shape index (κ1) is 27.6. The van der Waals surface area contributed by atoms with Crippen LogP contribution in [0.25, 0.3) is 0 Å². The first-order valence-electron chi connectivity index (χ1n) is 12.9. The van der Waals surface area contributed by atoms with Crippen LogP contribution in [0, 0.1) is 25.1 Å². The van der Waals surface area contributed by atoms with E-state index in [0.717, 1.165) is 5.57 Å². The Morgan fingerprint density at radius 2 is 2.08 bits per heavy atom. The largest absolute Gasteiger partial charge is 0.506 e. The summed E-state index contributed by atoms with van der Waals surface area (Å²) in [4.78, 5) is 20.4. The van der Waals surface area contributed by atoms with E-state index >= 15 is 4.39 Å². The summed E-state index contributed by atoms with van der Waals surface area (Å²) in [7, 11) is -1.59. The molecule has 2 aliphatic rings. The minimum Gasteiger partial charge on any atom is -0.506 e. The molecule has 2 aliphatic heterocycles. The number of oxazole rings is 1. The molecular weight excluding hydrogens is 533 g/mol. The van der Waals surface area contributed by atoms with Crippen LogP contribution in [0.4, 0.5) is 15.8 Å². The van der Waals surface area contributed by atoms with E-state index in [1.807, 2.05) is 13.8 Å². The standard InChI is InChI=1S/C30H32FN3O5S/c1-16(2)14-38-19-10-11-20(21(31)12-19)27-28-22(13-30(5,6)15-40(28)37)33-26-23(8-7-9-24(26)35)34(27)29(36)25-17(3)39-18(4)32-25/h7-12,27,33,35H,1,13-15H2,2-6H3. The third-order valence-corrected chi connectivity index (χ3v) is 8.86. The second-order valence-corrected chi connectivity index (χ2v) is 12.5. The number of fused-ring (bicyclic) bond motifs is 1. The van der Waals surface area contributed by atoms with Gasteiger partial charge < -0.3 is 19.6 Å². The zero-order valence-corrected chi connectivity index (χ0v) is 23.9. The maximum atomic E-state index is 16.0. The number of nitrogens with zero attached hydrogens (tertiary/aromatic N) is 2. The highest BCUT2D eigenvalue weighted by Gasteiger charge is 2.45. The molecule has 0 fully saturated rings. The van der Waals surface area contributed by atoms with Crippen LogP contribution in [0.3, 0.4) is 0 Å². The van der Waals surface area contributed by atoms with Gasteiger partial charge in [-0.15, -0.1) is 0 Å². The van der Waals surface area contributed by atoms with Crippen LogP contribution in [0.15, 0.2) is 63.6 Å². The lowest BCUT2D eigenvalue weighted by atomic mass is 9.88. The predicted octanol–water partition coefficient (Wildman–Crippen LogP) is 6.29. The fourth-order valence-corrected chi connectivity index (χ4v) is 7.07. The first-order valence-corrected chi connectivity index (χ1v) is 14.2. The van der Waals surface area contributed by atoms with Crippen molar-refractivity contribution in [3.63, 3.8) is 0 Å². The lowest BCUT2D eigenvalue weighted by Gasteiger charge is -2.37. The third kappa shape index (κ3) is 5.03. The average molecular weight is 566 g/mol. The zero-order chi connectivity index (χ0) is 28.9. The number of allylic oxidation sites excluding steroid dienone is 1. The molecule has 5 rings (SSSR count). The van der Waals surface area contributed by atoms with Crippen LogP contribution in [-0.4, -0.2) is 32.6 Å². The van der Waals surface area contributed by atoms with Crippen molar-refractivity contribution in [2.24, 2.45) is 5.41 Å². The van der Waals surface area contributed by atoms with Gasteiger partial charge in [-0.1, -0.05) is 26.5 Å². The van der Waals surface area contributed by atoms with E-state index in [4.69, 9.17) is 9.15 Å². The van der Waals surface area contributed by atoms with E-state index in [9.17, 15) is 14.1 Å². The third-order valence-electron chi connectivity index (χ3n) is 6.86. The maximum absolute atomic E-state index is 16.0. The van der Waals surface area contributed by atoms with Crippen molar-refractivity contribution in [3.05, 3.63) is 87.9 Å². The van der Waals surface area contributed by atoms with Crippen molar-refractivity contribution in [1.29, 1.82) is 0 Å². The van der Waals surface area contributed by atoms with E-state index in [0.29, 0.717) is 45.9 Å². The van der Waals surface area contributed by atoms with Gasteiger partial charge in [-0.25, -0.2) is 9.37 Å². The van der Waals surface area contributed by atoms with Gasteiger partial charge in [0.15, 0.2) is 11.6 Å². The summed E-state index contributed by atoms with van der Waals surface area (Å²) >= 11 is 0. The number of hydrogen-bond acceptors (Lipinski definition) is 7. The van der Waals surface area contributed by atoms with E-state index in [-0.39, 0.29) is 34.7 Å². The molecule has 3 heterocycles. The molecule has 0 saturated heterocycles. The molecule has 2 unspecified atom stereocenters. The smallest absolute Gasteiger partial charge is 0.281 e. The minimum absolute atomic E-state index is 0.0459. The molecular formula is C30H32FN3O5S. The van der Waals surface area contributed by atoms with Gasteiger partial charge in [-0.3, -0.25) is 13.9 Å². The SMILES string of the molecule is C=C(C)COc1ccc(C2C3=C(CC(C)(C)CS3=O)Nc3c(O)cccc3N2C(=O)c2nc(C)oc2C)c(F)c1. The summed E-state index contributed by atoms with van der Waals surface area (Å²) in [5.74, 6) is -0.0986. The van der Waals surface area contributed by atoms with Gasteiger partial charge in [0.25, 0.3) is 5.91 Å². The number of hydrogen-bond donors (Lipinski definition) is 2. The lowest BCUT2D eigenvalue weighted by Crippen LogP contribution is -2.40. The molecule has 1 aromatic heterocycles. The molecule has 0 saturated carbocycles. The molecule has 2 aromatic carbocycles. The van der Waals surface area contributed by atoms with Crippen molar-refractivity contribution in [2.45, 2.75) is 47.1 Å². The maximum Gasteiger partial charge on any atom is 0.281 e. The molecule has 2 atom stereocenters. The fraction of sp³-hybridized carbons (Fsp3) is 0.333. The Morgan fingerprint density at radius 3 is 2.73 bits per heavy atom. The minimum atomic E-state index is -1.59. The number of para-hydroxylation sites is 1. The van der Waals surface area contributed by atoms with Crippen LogP contribution in [0.5, 0.6) is 11.5 Å². The first-order chi connectivity index (χ1) is 18.9. The summed E-state index contributed by atoms with van der Waals surface area (Å²) < 4.78 is 41.2. The number of carbonyl (C=O) groups excluding carboxylic acids is 1. The number of carbonyl (C=O) groups is 1. The second kappa shape index (κ2) is 10.2. The van der Waals surface area contributed by atoms with Gasteiger partial charge in [-0.2, -0.15) is 0 Å². The van der Waals surface area contributed by atoms with E-state index in [1.165, 1.54) is 17.0 Å². The fourth-order valence-electron chi connectivity index (χ4n) is 5.22. The summed E-state index contributed by atoms with van der Waals surface area (Å²) in [6.45, 7) is 13.1. The molecule has 0 spiro atoms. The molecule has 0 radical (unpaired) electrons. The molecule has 8 nitrogen and oxygen atoms in total. The van der Waals surface area contributed by atoms with Gasteiger partial charge >= 0.3 is 0 Å². The molecule has 10 heteroatoms. The molecule has 0 aliphatic carbocycles. The van der Waals surface area contributed by atoms with Crippen molar-refractivity contribution in [2.75, 3.05) is 22.6 Å². The molecule has 40 heavy (non-hydrogen) atoms. The molecule has 210 valence electrons. The molecule has 0 bridgehead atoms. The number of aryl methyl sites for hydroxylation is 2. The van der Waals surface area contributed by atoms with Gasteiger partial charge in [-0.05, 0) is 55.5 Å². The van der Waals surface area contributed by atoms with Gasteiger partial charge in [0.2, 0.25) is 0 Å². The number of nitrogens with one attached hydrogen (secondary N) is 1. The van der Waals surface area contributed by atoms with Crippen LogP contribution in [-0.2, 0) is 10.8 Å². The Labute approximate surface area is 235 Å². The van der Waals surface area contributed by atoms with Crippen LogP contribution in [0.2, 0.25) is 0 Å². The Bertz CT molecular complexity index is 1590. The highest BCUT2D eigenvalue weighted by Crippen LogP contribution is 2.51. The lowest BCUT2D eigenvalue weighted by molar-refractivity contribution is 0.0974. The van der Waals surface area contributed by atoms with Crippen LogP contribution in [0.1, 0.15) is 60.9 Å². The van der Waals surface area contributed by atoms with Gasteiger partial charge in [0, 0.05) is 30.0 Å². The quantitative estimate of drug-likeness (QED) is 0.277. The Kier molecular flexibility index (Phi) is 7.08. The molecule has 1 amide bonds. The number of phenols is 1. The number of amides is 1. The number of phenolic OH excluding ortho intramolecular Hbond substituents is 1. The second-order valence-electron chi connectivity index (χ2n) is 11.1. The van der Waals surface area contributed by atoms with Gasteiger partial charge in [0.1, 0.15) is 41.4 Å². The van der Waals surface area contributed by atoms with Crippen molar-refractivity contribution >= 4 is 28.1 Å². The van der Waals surface area contributed by atoms with Crippen LogP contribution >= 0.6 is 0 Å². The van der Waals surface area contributed by atoms with E-state index < -0.39 is 28.6 Å². The Morgan fingerprint density at radius 1 is 1.32 bits per heavy atom. The summed E-state index contributed by atoms with van der Waals surface area (Å²) in [6.07, 6.45) is 0.476. The molecule has 3 aromatic rings. The van der Waals surface area contributed by atoms with Gasteiger partial charge in [0.05, 0.1) is 21.4 Å². The number of aromatic hydroxyl groups is 1. The predicted molar refractivity (Wildman–Crippen MR) is 152 cm³/mol. The molecule has 2 N–H and O–H groups in total. The zero-order valence-electron chi connectivity index (χ0n) is 23.1. The van der Waals surface area contributed by atoms with Crippen molar-refractivity contribution in [3.8, 4) is 11.5 Å². The Balaban J connectivity index is 1.78. The number of benzene rings is 2. The van der Waals surface area contributed by atoms with Crippen molar-refractivity contribution < 1.29 is 27.7 Å². The number of rotatable bonds is 5. The number of anilines is 2. The van der Waals surface area contributed by atoms with Crippen molar-refractivity contribution in [1.82, 2.24) is 4.98 Å². The average Bonchev–Trinajstić information content (AvgIpc) is 3.12. The number of aromatic nitrogens is 1. The van der Waals surface area contributed by atoms with E-state index in [2.05, 4.69) is 16.9 Å². The van der Waals surface area contributed by atoms with Crippen LogP contribution < -0.4 is 15.0 Å². The van der Waals surface area contributed by atoms with E-state index in [1.54, 1.807) is 45.0 Å².